The van der Waals surface area contributed by atoms with Crippen molar-refractivity contribution in [2.75, 3.05) is 4.72 Å². The van der Waals surface area contributed by atoms with Crippen molar-refractivity contribution in [2.45, 2.75) is 45.1 Å². The second kappa shape index (κ2) is 9.82. The van der Waals surface area contributed by atoms with Gasteiger partial charge in [0.15, 0.2) is 0 Å². The predicted octanol–water partition coefficient (Wildman–Crippen LogP) is 4.82. The molecule has 1 aromatic heterocycles. The number of aryl methyl sites for hydroxylation is 2. The van der Waals surface area contributed by atoms with Crippen LogP contribution < -0.4 is 14.8 Å². The van der Waals surface area contributed by atoms with Gasteiger partial charge in [-0.1, -0.05) is 19.1 Å². The zero-order valence-corrected chi connectivity index (χ0v) is 19.4. The van der Waals surface area contributed by atoms with Gasteiger partial charge in [-0.2, -0.15) is 0 Å². The summed E-state index contributed by atoms with van der Waals surface area (Å²) in [5.74, 6) is 0.341. The number of aromatic nitrogens is 1. The Bertz CT molecular complexity index is 1210. The molecule has 0 bridgehead atoms. The van der Waals surface area contributed by atoms with E-state index in [-0.39, 0.29) is 22.7 Å². The Hall–Kier alpha value is -3.39. The maximum absolute atomic E-state index is 12.8. The number of sulfonamides is 1. The topological polar surface area (TPSA) is 97.4 Å². The van der Waals surface area contributed by atoms with E-state index in [1.807, 2.05) is 26.8 Å². The van der Waals surface area contributed by atoms with Crippen LogP contribution in [0.15, 0.2) is 65.7 Å². The van der Waals surface area contributed by atoms with Gasteiger partial charge in [-0.25, -0.2) is 13.4 Å². The largest absolute Gasteiger partial charge is 0.438 e. The van der Waals surface area contributed by atoms with E-state index in [2.05, 4.69) is 15.0 Å². The molecule has 3 aromatic rings. The number of carbonyl (C=O) groups excluding carboxylic acids is 1. The van der Waals surface area contributed by atoms with Crippen molar-refractivity contribution in [2.24, 2.45) is 0 Å². The lowest BCUT2D eigenvalue weighted by Gasteiger charge is -2.14. The highest BCUT2D eigenvalue weighted by Gasteiger charge is 2.18. The average Bonchev–Trinajstić information content (AvgIpc) is 2.76. The standard InChI is InChI=1S/C24H27N3O4S/c1-5-18(4)26-23(28)21-7-6-14-25-24(21)31-20-12-10-19(11-13-20)27-32(29,30)22-15-16(2)8-9-17(22)3/h6-15,18,27H,5H2,1-4H3,(H,26,28)/t18-/m1/s1. The van der Waals surface area contributed by atoms with Crippen molar-refractivity contribution in [1.82, 2.24) is 10.3 Å². The molecule has 0 saturated carbocycles. The molecule has 7 nitrogen and oxygen atoms in total. The highest BCUT2D eigenvalue weighted by molar-refractivity contribution is 7.92. The number of amides is 1. The second-order valence-corrected chi connectivity index (χ2v) is 9.29. The quantitative estimate of drug-likeness (QED) is 0.510. The highest BCUT2D eigenvalue weighted by atomic mass is 32.2. The zero-order chi connectivity index (χ0) is 23.3. The van der Waals surface area contributed by atoms with Gasteiger partial charge >= 0.3 is 0 Å². The molecule has 1 heterocycles. The molecule has 0 aliphatic carbocycles. The minimum Gasteiger partial charge on any atom is -0.438 e. The average molecular weight is 454 g/mol. The molecule has 1 amide bonds. The van der Waals surface area contributed by atoms with Gasteiger partial charge in [-0.05, 0) is 80.8 Å². The van der Waals surface area contributed by atoms with Crippen LogP contribution in [0.4, 0.5) is 5.69 Å². The van der Waals surface area contributed by atoms with Crippen molar-refractivity contribution in [3.8, 4) is 11.6 Å². The van der Waals surface area contributed by atoms with E-state index in [0.29, 0.717) is 22.6 Å². The number of benzene rings is 2. The van der Waals surface area contributed by atoms with Crippen molar-refractivity contribution in [3.05, 3.63) is 77.5 Å². The molecule has 0 saturated heterocycles. The first-order valence-electron chi connectivity index (χ1n) is 10.3. The van der Waals surface area contributed by atoms with E-state index < -0.39 is 10.0 Å². The summed E-state index contributed by atoms with van der Waals surface area (Å²) in [6.07, 6.45) is 2.35. The van der Waals surface area contributed by atoms with Gasteiger partial charge in [0.25, 0.3) is 15.9 Å². The number of carbonyl (C=O) groups is 1. The SMILES string of the molecule is CC[C@@H](C)NC(=O)c1cccnc1Oc1ccc(NS(=O)(=O)c2cc(C)ccc2C)cc1. The van der Waals surface area contributed by atoms with Crippen LogP contribution in [0.25, 0.3) is 0 Å². The molecular formula is C24H27N3O4S. The Balaban J connectivity index is 1.76. The Kier molecular flexibility index (Phi) is 7.15. The summed E-state index contributed by atoms with van der Waals surface area (Å²) < 4.78 is 34.0. The van der Waals surface area contributed by atoms with Gasteiger partial charge in [0.05, 0.1) is 4.90 Å². The summed E-state index contributed by atoms with van der Waals surface area (Å²) in [5.41, 5.74) is 2.26. The lowest BCUT2D eigenvalue weighted by atomic mass is 10.2. The first kappa shape index (κ1) is 23.3. The monoisotopic (exact) mass is 453 g/mol. The molecule has 0 aliphatic rings. The van der Waals surface area contributed by atoms with Crippen molar-refractivity contribution >= 4 is 21.6 Å². The van der Waals surface area contributed by atoms with Gasteiger partial charge in [-0.3, -0.25) is 9.52 Å². The number of ether oxygens (including phenoxy) is 1. The number of pyridine rings is 1. The predicted molar refractivity (Wildman–Crippen MR) is 125 cm³/mol. The van der Waals surface area contributed by atoms with Crippen LogP contribution in [-0.4, -0.2) is 25.4 Å². The minimum atomic E-state index is -3.73. The third-order valence-corrected chi connectivity index (χ3v) is 6.48. The van der Waals surface area contributed by atoms with E-state index in [9.17, 15) is 13.2 Å². The Morgan fingerprint density at radius 1 is 1.09 bits per heavy atom. The number of nitrogens with one attached hydrogen (secondary N) is 2. The van der Waals surface area contributed by atoms with Gasteiger partial charge in [0.1, 0.15) is 11.3 Å². The molecule has 2 N–H and O–H groups in total. The molecule has 0 aliphatic heterocycles. The summed E-state index contributed by atoms with van der Waals surface area (Å²) >= 11 is 0. The van der Waals surface area contributed by atoms with E-state index >= 15 is 0 Å². The van der Waals surface area contributed by atoms with Crippen LogP contribution in [0.1, 0.15) is 41.8 Å². The summed E-state index contributed by atoms with van der Waals surface area (Å²) in [7, 11) is -3.73. The van der Waals surface area contributed by atoms with Crippen molar-refractivity contribution in [1.29, 1.82) is 0 Å². The molecule has 32 heavy (non-hydrogen) atoms. The van der Waals surface area contributed by atoms with Crippen LogP contribution in [0.3, 0.4) is 0 Å². The van der Waals surface area contributed by atoms with E-state index in [1.54, 1.807) is 61.7 Å². The molecule has 168 valence electrons. The minimum absolute atomic E-state index is 0.0277. The molecule has 0 spiro atoms. The number of anilines is 1. The fourth-order valence-electron chi connectivity index (χ4n) is 2.96. The second-order valence-electron chi connectivity index (χ2n) is 7.64. The Labute approximate surface area is 188 Å². The zero-order valence-electron chi connectivity index (χ0n) is 18.5. The maximum Gasteiger partial charge on any atom is 0.262 e. The maximum atomic E-state index is 12.8. The number of hydrogen-bond acceptors (Lipinski definition) is 5. The fraction of sp³-hybridized carbons (Fsp3) is 0.250. The fourth-order valence-corrected chi connectivity index (χ4v) is 4.35. The lowest BCUT2D eigenvalue weighted by Crippen LogP contribution is -2.32. The van der Waals surface area contributed by atoms with Gasteiger partial charge in [0, 0.05) is 17.9 Å². The summed E-state index contributed by atoms with van der Waals surface area (Å²) in [6.45, 7) is 7.51. The van der Waals surface area contributed by atoms with E-state index in [4.69, 9.17) is 4.74 Å². The lowest BCUT2D eigenvalue weighted by molar-refractivity contribution is 0.0936. The van der Waals surface area contributed by atoms with Crippen molar-refractivity contribution in [3.63, 3.8) is 0 Å². The molecule has 8 heteroatoms. The van der Waals surface area contributed by atoms with Crippen LogP contribution in [0.2, 0.25) is 0 Å². The first-order valence-corrected chi connectivity index (χ1v) is 11.8. The number of rotatable bonds is 8. The third kappa shape index (κ3) is 5.64. The Morgan fingerprint density at radius 2 is 1.81 bits per heavy atom. The molecule has 3 rings (SSSR count). The van der Waals surface area contributed by atoms with Crippen LogP contribution >= 0.6 is 0 Å². The third-order valence-electron chi connectivity index (χ3n) is 4.96. The summed E-state index contributed by atoms with van der Waals surface area (Å²) in [4.78, 5) is 16.9. The molecule has 0 fully saturated rings. The summed E-state index contributed by atoms with van der Waals surface area (Å²) in [6, 6.07) is 15.1. The first-order chi connectivity index (χ1) is 15.2. The van der Waals surface area contributed by atoms with Crippen molar-refractivity contribution < 1.29 is 17.9 Å². The Morgan fingerprint density at radius 3 is 2.50 bits per heavy atom. The van der Waals surface area contributed by atoms with Gasteiger partial charge in [0.2, 0.25) is 5.88 Å². The molecule has 0 radical (unpaired) electrons. The molecule has 1 atom stereocenters. The number of hydrogen-bond donors (Lipinski definition) is 2. The van der Waals surface area contributed by atoms with Crippen LogP contribution in [-0.2, 0) is 10.0 Å². The van der Waals surface area contributed by atoms with Gasteiger partial charge in [-0.15, -0.1) is 0 Å². The normalized spacial score (nSPS) is 12.1. The smallest absolute Gasteiger partial charge is 0.262 e. The molecule has 0 unspecified atom stereocenters. The van der Waals surface area contributed by atoms with E-state index in [1.165, 1.54) is 0 Å². The summed E-state index contributed by atoms with van der Waals surface area (Å²) in [5, 5.41) is 2.90. The number of nitrogens with zero attached hydrogens (tertiary/aromatic N) is 1. The van der Waals surface area contributed by atoms with Crippen LogP contribution in [0, 0.1) is 13.8 Å². The molecular weight excluding hydrogens is 426 g/mol. The van der Waals surface area contributed by atoms with Crippen LogP contribution in [0.5, 0.6) is 11.6 Å². The molecule has 2 aromatic carbocycles. The van der Waals surface area contributed by atoms with Gasteiger partial charge < -0.3 is 10.1 Å². The highest BCUT2D eigenvalue weighted by Crippen LogP contribution is 2.26. The van der Waals surface area contributed by atoms with E-state index in [0.717, 1.165) is 12.0 Å².